The molecule has 3 unspecified atom stereocenters. The van der Waals surface area contributed by atoms with Gasteiger partial charge >= 0.3 is 39.5 Å². The molecule has 0 aliphatic rings. The highest BCUT2D eigenvalue weighted by molar-refractivity contribution is 7.47. The molecule has 17 nitrogen and oxygen atoms in total. The molecule has 0 aliphatic carbocycles. The summed E-state index contributed by atoms with van der Waals surface area (Å²) in [6.45, 7) is 11.8. The Hall–Kier alpha value is -1.94. The maximum atomic E-state index is 13.1. The molecule has 0 aromatic carbocycles. The number of carbonyl (C=O) groups is 4. The number of rotatable bonds is 73. The lowest BCUT2D eigenvalue weighted by molar-refractivity contribution is -0.161. The van der Waals surface area contributed by atoms with Crippen molar-refractivity contribution in [3.8, 4) is 0 Å². The van der Waals surface area contributed by atoms with Crippen molar-refractivity contribution in [2.24, 2.45) is 17.8 Å². The third-order valence-electron chi connectivity index (χ3n) is 17.7. The second kappa shape index (κ2) is 65.7. The fraction of sp³-hybridized carbons (Fsp3) is 0.947. The summed E-state index contributed by atoms with van der Waals surface area (Å²) in [7, 11) is -9.91. The lowest BCUT2D eigenvalue weighted by Crippen LogP contribution is -2.30. The first-order chi connectivity index (χ1) is 45.3. The minimum absolute atomic E-state index is 0.103. The summed E-state index contributed by atoms with van der Waals surface area (Å²) in [5.41, 5.74) is 0. The van der Waals surface area contributed by atoms with Crippen LogP contribution in [0.25, 0.3) is 0 Å². The molecule has 3 N–H and O–H groups in total. The van der Waals surface area contributed by atoms with Gasteiger partial charge in [0.25, 0.3) is 0 Å². The predicted molar refractivity (Wildman–Crippen MR) is 381 cm³/mol. The molecule has 0 amide bonds. The fourth-order valence-corrected chi connectivity index (χ4v) is 13.0. The number of unbranched alkanes of at least 4 members (excludes halogenated alkanes) is 40. The van der Waals surface area contributed by atoms with Crippen LogP contribution in [0.15, 0.2) is 0 Å². The van der Waals surface area contributed by atoms with Gasteiger partial charge in [-0.1, -0.05) is 331 Å². The highest BCUT2D eigenvalue weighted by atomic mass is 31.2. The topological polar surface area (TPSA) is 237 Å². The first kappa shape index (κ1) is 92.1. The van der Waals surface area contributed by atoms with Crippen LogP contribution in [-0.4, -0.2) is 96.7 Å². The highest BCUT2D eigenvalue weighted by Crippen LogP contribution is 2.45. The van der Waals surface area contributed by atoms with Crippen LogP contribution in [-0.2, 0) is 65.4 Å². The second-order valence-electron chi connectivity index (χ2n) is 28.2. The standard InChI is InChI=1S/C75H146O17P2/c1-8-10-11-12-13-14-15-25-28-35-42-49-56-72(77)85-62-70(91-74(79)58-51-44-36-29-26-23-21-19-17-16-18-20-22-24-27-34-41-48-55-68(7)9-2)64-89-93(81,82)87-60-69(76)61-88-94(83,84)90-65-71(92-75(80)59-52-45-38-31-33-40-47-54-67(5)6)63-86-73(78)57-50-43-37-30-32-39-46-53-66(3)4/h66-71,76H,8-65H2,1-7H3,(H,81,82)(H,83,84)/t68?,69-,70-,71-/m1/s1. The Morgan fingerprint density at radius 2 is 0.543 bits per heavy atom. The summed E-state index contributed by atoms with van der Waals surface area (Å²) in [5, 5.41) is 10.6. The maximum absolute atomic E-state index is 13.1. The van der Waals surface area contributed by atoms with E-state index in [9.17, 15) is 43.2 Å². The van der Waals surface area contributed by atoms with E-state index in [2.05, 4.69) is 48.5 Å². The zero-order valence-corrected chi connectivity index (χ0v) is 63.2. The van der Waals surface area contributed by atoms with Crippen LogP contribution in [0.2, 0.25) is 0 Å². The van der Waals surface area contributed by atoms with Gasteiger partial charge in [-0.3, -0.25) is 37.3 Å². The van der Waals surface area contributed by atoms with Crippen molar-refractivity contribution < 1.29 is 80.2 Å². The van der Waals surface area contributed by atoms with E-state index in [4.69, 9.17) is 37.0 Å². The quantitative estimate of drug-likeness (QED) is 0.0222. The molecule has 0 rings (SSSR count). The van der Waals surface area contributed by atoms with Crippen molar-refractivity contribution in [3.05, 3.63) is 0 Å². The van der Waals surface area contributed by atoms with Gasteiger partial charge in [0, 0.05) is 25.7 Å². The van der Waals surface area contributed by atoms with Gasteiger partial charge in [-0.25, -0.2) is 9.13 Å². The Balaban J connectivity index is 5.16. The zero-order chi connectivity index (χ0) is 69.4. The number of esters is 4. The van der Waals surface area contributed by atoms with Gasteiger partial charge in [-0.05, 0) is 43.4 Å². The van der Waals surface area contributed by atoms with Gasteiger partial charge in [-0.2, -0.15) is 0 Å². The average molecular weight is 1380 g/mol. The van der Waals surface area contributed by atoms with Crippen LogP contribution in [0.4, 0.5) is 0 Å². The molecule has 0 saturated carbocycles. The Morgan fingerprint density at radius 3 is 0.809 bits per heavy atom. The largest absolute Gasteiger partial charge is 0.472 e. The van der Waals surface area contributed by atoms with Crippen LogP contribution in [0.5, 0.6) is 0 Å². The lowest BCUT2D eigenvalue weighted by Gasteiger charge is -2.21. The first-order valence-corrected chi connectivity index (χ1v) is 41.9. The van der Waals surface area contributed by atoms with Crippen molar-refractivity contribution in [3.63, 3.8) is 0 Å². The van der Waals surface area contributed by atoms with E-state index >= 15 is 0 Å². The van der Waals surface area contributed by atoms with Crippen molar-refractivity contribution in [2.45, 2.75) is 401 Å². The molecular weight excluding hydrogens is 1230 g/mol. The third kappa shape index (κ3) is 67.3. The Kier molecular flexibility index (Phi) is 64.3. The fourth-order valence-electron chi connectivity index (χ4n) is 11.4. The smallest absolute Gasteiger partial charge is 0.462 e. The number of hydrogen-bond acceptors (Lipinski definition) is 15. The number of aliphatic hydroxyl groups excluding tert-OH is 1. The molecule has 0 saturated heterocycles. The van der Waals surface area contributed by atoms with Crippen LogP contribution >= 0.6 is 15.6 Å². The molecule has 0 radical (unpaired) electrons. The van der Waals surface area contributed by atoms with Crippen LogP contribution < -0.4 is 0 Å². The van der Waals surface area contributed by atoms with Crippen LogP contribution in [0.1, 0.15) is 382 Å². The second-order valence-corrected chi connectivity index (χ2v) is 31.1. The van der Waals surface area contributed by atoms with Gasteiger partial charge in [0.1, 0.15) is 19.3 Å². The number of aliphatic hydroxyl groups is 1. The first-order valence-electron chi connectivity index (χ1n) is 38.9. The average Bonchev–Trinajstić information content (AvgIpc) is 1.72. The Labute approximate surface area is 575 Å². The predicted octanol–water partition coefficient (Wildman–Crippen LogP) is 21.8. The van der Waals surface area contributed by atoms with Crippen LogP contribution in [0.3, 0.4) is 0 Å². The monoisotopic (exact) mass is 1380 g/mol. The Morgan fingerprint density at radius 1 is 0.309 bits per heavy atom. The van der Waals surface area contributed by atoms with Gasteiger partial charge in [0.15, 0.2) is 12.2 Å². The molecule has 0 aromatic heterocycles. The highest BCUT2D eigenvalue weighted by Gasteiger charge is 2.30. The third-order valence-corrected chi connectivity index (χ3v) is 19.6. The van der Waals surface area contributed by atoms with Gasteiger partial charge in [-0.15, -0.1) is 0 Å². The molecule has 94 heavy (non-hydrogen) atoms. The van der Waals surface area contributed by atoms with Crippen molar-refractivity contribution >= 4 is 39.5 Å². The minimum Gasteiger partial charge on any atom is -0.462 e. The molecule has 0 spiro atoms. The van der Waals surface area contributed by atoms with Gasteiger partial charge in [0.05, 0.1) is 26.4 Å². The summed E-state index contributed by atoms with van der Waals surface area (Å²) in [6.07, 6.45) is 51.6. The SMILES string of the molecule is CCCCCCCCCCCCCCC(=O)OC[C@H](COP(=O)(O)OC[C@@H](O)COP(=O)(O)OC[C@@H](COC(=O)CCCCCCCCCC(C)C)OC(=O)CCCCCCCCCC(C)C)OC(=O)CCCCCCCCCCCCCCCCCCCCC(C)CC. The summed E-state index contributed by atoms with van der Waals surface area (Å²) in [6, 6.07) is 0. The minimum atomic E-state index is -4.96. The molecule has 6 atom stereocenters. The van der Waals surface area contributed by atoms with E-state index in [0.29, 0.717) is 37.5 Å². The molecule has 0 fully saturated rings. The van der Waals surface area contributed by atoms with Crippen LogP contribution in [0, 0.1) is 17.8 Å². The van der Waals surface area contributed by atoms with E-state index in [1.54, 1.807) is 0 Å². The number of carbonyl (C=O) groups excluding carboxylic acids is 4. The van der Waals surface area contributed by atoms with Gasteiger partial charge in [0.2, 0.25) is 0 Å². The molecule has 0 heterocycles. The summed E-state index contributed by atoms with van der Waals surface area (Å²) in [4.78, 5) is 72.6. The number of hydrogen-bond donors (Lipinski definition) is 3. The molecule has 0 aromatic rings. The van der Waals surface area contributed by atoms with Crippen molar-refractivity contribution in [1.29, 1.82) is 0 Å². The van der Waals surface area contributed by atoms with Gasteiger partial charge < -0.3 is 33.8 Å². The lowest BCUT2D eigenvalue weighted by atomic mass is 9.99. The van der Waals surface area contributed by atoms with E-state index in [-0.39, 0.29) is 25.7 Å². The number of phosphoric acid groups is 2. The van der Waals surface area contributed by atoms with E-state index in [1.165, 1.54) is 186 Å². The zero-order valence-electron chi connectivity index (χ0n) is 61.4. The summed E-state index contributed by atoms with van der Waals surface area (Å²) in [5.74, 6) is 0.149. The summed E-state index contributed by atoms with van der Waals surface area (Å²) >= 11 is 0. The number of ether oxygens (including phenoxy) is 4. The maximum Gasteiger partial charge on any atom is 0.472 e. The normalized spacial score (nSPS) is 14.4. The molecule has 558 valence electrons. The molecule has 0 aliphatic heterocycles. The van der Waals surface area contributed by atoms with E-state index in [1.807, 2.05) is 0 Å². The molecular formula is C75H146O17P2. The van der Waals surface area contributed by atoms with Crippen molar-refractivity contribution in [1.82, 2.24) is 0 Å². The molecule has 19 heteroatoms. The van der Waals surface area contributed by atoms with Crippen molar-refractivity contribution in [2.75, 3.05) is 39.6 Å². The Bertz CT molecular complexity index is 1840. The summed E-state index contributed by atoms with van der Waals surface area (Å²) < 4.78 is 68.4. The number of phosphoric ester groups is 2. The van der Waals surface area contributed by atoms with E-state index < -0.39 is 97.5 Å². The molecule has 0 bridgehead atoms. The van der Waals surface area contributed by atoms with E-state index in [0.717, 1.165) is 102 Å².